The maximum Gasteiger partial charge on any atom is 0.346 e. The molecule has 1 aliphatic rings. The number of H-pyrrole nitrogens is 1. The number of nitrogens with zero attached hydrogens (tertiary/aromatic N) is 2. The third kappa shape index (κ3) is 3.39. The first-order valence-corrected chi connectivity index (χ1v) is 9.65. The number of nitrogens with one attached hydrogen (secondary N) is 1. The molecule has 0 radical (unpaired) electrons. The van der Waals surface area contributed by atoms with Gasteiger partial charge in [-0.1, -0.05) is 17.7 Å². The molecule has 2 aromatic heterocycles. The molecule has 3 heterocycles. The van der Waals surface area contributed by atoms with E-state index in [1.54, 1.807) is 0 Å². The molecule has 1 saturated heterocycles. The summed E-state index contributed by atoms with van der Waals surface area (Å²) >= 11 is 7.20. The smallest absolute Gasteiger partial charge is 0.346 e. The predicted octanol–water partition coefficient (Wildman–Crippen LogP) is 3.88. The second kappa shape index (κ2) is 7.24. The number of ether oxygens (including phenoxy) is 1. The highest BCUT2D eigenvalue weighted by Crippen LogP contribution is 2.38. The van der Waals surface area contributed by atoms with Gasteiger partial charge in [-0.3, -0.25) is 0 Å². The van der Waals surface area contributed by atoms with Crippen molar-refractivity contribution in [3.8, 4) is 6.07 Å². The topological polar surface area (TPSA) is 89.3 Å². The molecule has 0 atom stereocenters. The van der Waals surface area contributed by atoms with Crippen LogP contribution in [-0.2, 0) is 11.2 Å². The van der Waals surface area contributed by atoms with E-state index < -0.39 is 5.97 Å². The van der Waals surface area contributed by atoms with Crippen molar-refractivity contribution in [3.63, 3.8) is 0 Å². The molecular formula is C19H16ClN3O3S. The van der Waals surface area contributed by atoms with Gasteiger partial charge < -0.3 is 19.7 Å². The van der Waals surface area contributed by atoms with E-state index >= 15 is 0 Å². The first kappa shape index (κ1) is 17.9. The van der Waals surface area contributed by atoms with E-state index in [0.29, 0.717) is 53.9 Å². The number of thiophene rings is 1. The predicted molar refractivity (Wildman–Crippen MR) is 105 cm³/mol. The number of benzene rings is 1. The Bertz CT molecular complexity index is 1060. The summed E-state index contributed by atoms with van der Waals surface area (Å²) in [4.78, 5) is 17.3. The zero-order valence-corrected chi connectivity index (χ0v) is 15.9. The van der Waals surface area contributed by atoms with Gasteiger partial charge in [0, 0.05) is 41.3 Å². The van der Waals surface area contributed by atoms with E-state index in [-0.39, 0.29) is 4.88 Å². The Morgan fingerprint density at radius 2 is 2.15 bits per heavy atom. The van der Waals surface area contributed by atoms with Crippen molar-refractivity contribution in [2.24, 2.45) is 0 Å². The first-order valence-electron chi connectivity index (χ1n) is 8.45. The van der Waals surface area contributed by atoms with Crippen LogP contribution >= 0.6 is 22.9 Å². The third-order valence-corrected chi connectivity index (χ3v) is 6.12. The molecule has 6 nitrogen and oxygen atoms in total. The number of aromatic nitrogens is 1. The number of carboxylic acid groups (broad SMARTS) is 1. The molecule has 27 heavy (non-hydrogen) atoms. The first-order chi connectivity index (χ1) is 13.1. The van der Waals surface area contributed by atoms with Gasteiger partial charge in [-0.15, -0.1) is 11.3 Å². The summed E-state index contributed by atoms with van der Waals surface area (Å²) in [6.45, 7) is 2.45. The fourth-order valence-corrected chi connectivity index (χ4v) is 4.68. The van der Waals surface area contributed by atoms with Crippen molar-refractivity contribution in [1.29, 1.82) is 5.26 Å². The Balaban J connectivity index is 1.76. The molecule has 0 bridgehead atoms. The minimum atomic E-state index is -1.01. The molecule has 1 aliphatic heterocycles. The molecule has 3 aromatic rings. The summed E-state index contributed by atoms with van der Waals surface area (Å²) in [7, 11) is 0. The highest BCUT2D eigenvalue weighted by Gasteiger charge is 2.27. The largest absolute Gasteiger partial charge is 0.477 e. The van der Waals surface area contributed by atoms with Crippen molar-refractivity contribution in [1.82, 2.24) is 4.98 Å². The van der Waals surface area contributed by atoms with Gasteiger partial charge in [-0.05, 0) is 23.6 Å². The van der Waals surface area contributed by atoms with Crippen LogP contribution in [0.15, 0.2) is 24.3 Å². The molecular weight excluding hydrogens is 386 g/mol. The number of morpholine rings is 1. The highest BCUT2D eigenvalue weighted by molar-refractivity contribution is 7.18. The van der Waals surface area contributed by atoms with Gasteiger partial charge in [0.05, 0.1) is 18.8 Å². The number of aromatic amines is 1. The normalized spacial score (nSPS) is 14.4. The van der Waals surface area contributed by atoms with Crippen LogP contribution in [0.3, 0.4) is 0 Å². The summed E-state index contributed by atoms with van der Waals surface area (Å²) in [5, 5.41) is 21.8. The molecule has 2 N–H and O–H groups in total. The van der Waals surface area contributed by atoms with Gasteiger partial charge in [0.2, 0.25) is 0 Å². The van der Waals surface area contributed by atoms with Gasteiger partial charge in [0.1, 0.15) is 15.9 Å². The zero-order valence-electron chi connectivity index (χ0n) is 14.3. The van der Waals surface area contributed by atoms with E-state index in [9.17, 15) is 15.2 Å². The molecule has 0 saturated carbocycles. The van der Waals surface area contributed by atoms with E-state index in [4.69, 9.17) is 16.3 Å². The number of rotatable bonds is 4. The maximum atomic E-state index is 11.8. The number of hydrogen-bond donors (Lipinski definition) is 2. The van der Waals surface area contributed by atoms with Gasteiger partial charge in [-0.25, -0.2) is 4.79 Å². The fraction of sp³-hybridized carbons (Fsp3) is 0.263. The lowest BCUT2D eigenvalue weighted by atomic mass is 10.0. The Labute approximate surface area is 164 Å². The van der Waals surface area contributed by atoms with E-state index in [1.165, 1.54) is 11.3 Å². The lowest BCUT2D eigenvalue weighted by Crippen LogP contribution is -2.36. The van der Waals surface area contributed by atoms with Crippen molar-refractivity contribution in [2.75, 3.05) is 31.2 Å². The summed E-state index contributed by atoms with van der Waals surface area (Å²) in [5.41, 5.74) is 2.72. The minimum absolute atomic E-state index is 0.213. The number of nitriles is 1. The SMILES string of the molecule is N#Cc1c(N2CCOCC2)sc(C(=O)O)c1Cc1cc2ccc(Cl)cc2[nH]1. The van der Waals surface area contributed by atoms with E-state index in [0.717, 1.165) is 16.6 Å². The summed E-state index contributed by atoms with van der Waals surface area (Å²) in [6.07, 6.45) is 0.345. The summed E-state index contributed by atoms with van der Waals surface area (Å²) in [6, 6.07) is 9.74. The van der Waals surface area contributed by atoms with Gasteiger partial charge in [-0.2, -0.15) is 5.26 Å². The van der Waals surface area contributed by atoms with Gasteiger partial charge in [0.15, 0.2) is 0 Å². The second-order valence-corrected chi connectivity index (χ2v) is 7.74. The molecule has 0 amide bonds. The summed E-state index contributed by atoms with van der Waals surface area (Å²) < 4.78 is 5.37. The average molecular weight is 402 g/mol. The van der Waals surface area contributed by atoms with Crippen LogP contribution in [-0.4, -0.2) is 42.4 Å². The quantitative estimate of drug-likeness (QED) is 0.692. The van der Waals surface area contributed by atoms with Crippen LogP contribution in [0.4, 0.5) is 5.00 Å². The van der Waals surface area contributed by atoms with E-state index in [1.807, 2.05) is 29.2 Å². The number of carbonyl (C=O) groups is 1. The number of fused-ring (bicyclic) bond motifs is 1. The lowest BCUT2D eigenvalue weighted by molar-refractivity contribution is 0.0701. The monoisotopic (exact) mass is 401 g/mol. The van der Waals surface area contributed by atoms with Crippen molar-refractivity contribution < 1.29 is 14.6 Å². The molecule has 138 valence electrons. The van der Waals surface area contributed by atoms with Crippen LogP contribution in [0, 0.1) is 11.3 Å². The molecule has 1 fully saturated rings. The molecule has 0 unspecified atom stereocenters. The Kier molecular flexibility index (Phi) is 4.79. The Morgan fingerprint density at radius 3 is 2.85 bits per heavy atom. The molecule has 0 spiro atoms. The fourth-order valence-electron chi connectivity index (χ4n) is 3.34. The Hall–Kier alpha value is -2.53. The third-order valence-electron chi connectivity index (χ3n) is 4.60. The van der Waals surface area contributed by atoms with E-state index in [2.05, 4.69) is 11.1 Å². The molecule has 1 aromatic carbocycles. The maximum absolute atomic E-state index is 11.8. The van der Waals surface area contributed by atoms with Crippen LogP contribution in [0.1, 0.15) is 26.5 Å². The molecule has 8 heteroatoms. The second-order valence-electron chi connectivity index (χ2n) is 6.31. The Morgan fingerprint density at radius 1 is 1.37 bits per heavy atom. The number of halogens is 1. The van der Waals surface area contributed by atoms with Crippen molar-refractivity contribution in [2.45, 2.75) is 6.42 Å². The van der Waals surface area contributed by atoms with Gasteiger partial charge in [0.25, 0.3) is 0 Å². The number of carboxylic acids is 1. The highest BCUT2D eigenvalue weighted by atomic mass is 35.5. The van der Waals surface area contributed by atoms with Crippen molar-refractivity contribution in [3.05, 3.63) is 51.0 Å². The average Bonchev–Trinajstić information content (AvgIpc) is 3.23. The van der Waals surface area contributed by atoms with Crippen LogP contribution in [0.5, 0.6) is 0 Å². The van der Waals surface area contributed by atoms with Crippen LogP contribution in [0.2, 0.25) is 5.02 Å². The summed E-state index contributed by atoms with van der Waals surface area (Å²) in [5.74, 6) is -1.01. The molecule has 4 rings (SSSR count). The van der Waals surface area contributed by atoms with Crippen LogP contribution in [0.25, 0.3) is 10.9 Å². The standard InChI is InChI=1S/C19H16ClN3O3S/c20-12-2-1-11-7-13(22-16(11)8-12)9-14-15(10-21)18(27-17(14)19(24)25)23-3-5-26-6-4-23/h1-2,7-8,22H,3-6,9H2,(H,24,25). The molecule has 0 aliphatic carbocycles. The number of aromatic carboxylic acids is 1. The lowest BCUT2D eigenvalue weighted by Gasteiger charge is -2.27. The van der Waals surface area contributed by atoms with Gasteiger partial charge >= 0.3 is 5.97 Å². The number of hydrogen-bond acceptors (Lipinski definition) is 5. The zero-order chi connectivity index (χ0) is 19.0. The van der Waals surface area contributed by atoms with Crippen molar-refractivity contribution >= 4 is 44.8 Å². The number of anilines is 1. The van der Waals surface area contributed by atoms with Crippen LogP contribution < -0.4 is 4.90 Å². The minimum Gasteiger partial charge on any atom is -0.477 e.